The Morgan fingerprint density at radius 3 is 2.71 bits per heavy atom. The van der Waals surface area contributed by atoms with Crippen LogP contribution in [0.3, 0.4) is 0 Å². The second-order valence-electron chi connectivity index (χ2n) is 9.85. The minimum absolute atomic E-state index is 0.0995. The summed E-state index contributed by atoms with van der Waals surface area (Å²) in [7, 11) is 6.91. The molecule has 1 amide bonds. The number of fused-ring (bicyclic) bond motifs is 1. The molecule has 2 aliphatic heterocycles. The number of likely N-dealkylation sites (N-methyl/N-ethyl adjacent to an activating group) is 2. The normalized spacial score (nSPS) is 18.5. The molecule has 38 heavy (non-hydrogen) atoms. The highest BCUT2D eigenvalue weighted by Crippen LogP contribution is 2.37. The van der Waals surface area contributed by atoms with E-state index >= 15 is 0 Å². The lowest BCUT2D eigenvalue weighted by Crippen LogP contribution is -2.37. The monoisotopic (exact) mass is 516 g/mol. The van der Waals surface area contributed by atoms with E-state index in [0.29, 0.717) is 37.9 Å². The molecule has 2 N–H and O–H groups in total. The zero-order valence-electron chi connectivity index (χ0n) is 22.9. The molecule has 1 aromatic heterocycles. The van der Waals surface area contributed by atoms with Gasteiger partial charge < -0.3 is 20.3 Å². The van der Waals surface area contributed by atoms with Gasteiger partial charge in [-0.05, 0) is 31.0 Å². The highest BCUT2D eigenvalue weighted by Gasteiger charge is 2.32. The molecule has 10 nitrogen and oxygen atoms in total. The van der Waals surface area contributed by atoms with E-state index in [2.05, 4.69) is 59.1 Å². The Hall–Kier alpha value is -3.97. The topological polar surface area (TPSA) is 124 Å². The van der Waals surface area contributed by atoms with Gasteiger partial charge in [0, 0.05) is 51.8 Å². The number of amides is 1. The van der Waals surface area contributed by atoms with Crippen LogP contribution in [0.5, 0.6) is 6.01 Å². The first-order chi connectivity index (χ1) is 18.3. The summed E-state index contributed by atoms with van der Waals surface area (Å²) in [5, 5.41) is 9.91. The molecule has 10 heteroatoms. The van der Waals surface area contributed by atoms with Gasteiger partial charge in [0.1, 0.15) is 23.2 Å². The van der Waals surface area contributed by atoms with Crippen molar-refractivity contribution < 1.29 is 9.53 Å². The number of nitrogens with two attached hydrogens (primary N) is 1. The molecule has 0 saturated heterocycles. The van der Waals surface area contributed by atoms with Crippen LogP contribution >= 0.6 is 0 Å². The average molecular weight is 517 g/mol. The molecule has 2 aliphatic rings. The summed E-state index contributed by atoms with van der Waals surface area (Å²) >= 11 is 0. The largest absolute Gasteiger partial charge is 0.467 e. The molecule has 4 rings (SSSR count). The lowest BCUT2D eigenvalue weighted by Gasteiger charge is -2.37. The van der Waals surface area contributed by atoms with E-state index in [1.54, 1.807) is 21.2 Å². The Balaban J connectivity index is 1.73. The molecule has 0 spiro atoms. The number of methoxy groups -OCH3 is 1. The van der Waals surface area contributed by atoms with Crippen LogP contribution < -0.4 is 15.4 Å². The summed E-state index contributed by atoms with van der Waals surface area (Å²) in [5.74, 6) is 0.353. The third-order valence-electron chi connectivity index (χ3n) is 7.19. The SMILES string of the molecule is CCc1ccccc1C1Cc2nc(OC)nc(N3CCCN=C(/C(C#N)=C(\N)C(=O)N(C)C)C3)c2CN1C. The molecule has 1 atom stereocenters. The fraction of sp³-hybridized carbons (Fsp3) is 0.464. The van der Waals surface area contributed by atoms with Crippen LogP contribution in [0.2, 0.25) is 0 Å². The molecule has 3 heterocycles. The average Bonchev–Trinajstić information content (AvgIpc) is 3.18. The number of carbonyl (C=O) groups is 1. The van der Waals surface area contributed by atoms with Gasteiger partial charge in [-0.3, -0.25) is 14.7 Å². The first-order valence-corrected chi connectivity index (χ1v) is 12.9. The maximum atomic E-state index is 12.5. The number of ether oxygens (including phenoxy) is 1. The summed E-state index contributed by atoms with van der Waals surface area (Å²) in [6.07, 6.45) is 2.47. The number of hydrogen-bond donors (Lipinski definition) is 1. The number of aromatic nitrogens is 2. The Kier molecular flexibility index (Phi) is 8.27. The van der Waals surface area contributed by atoms with Crippen molar-refractivity contribution in [3.63, 3.8) is 0 Å². The number of aliphatic imine (C=N–C) groups is 1. The third kappa shape index (κ3) is 5.34. The maximum Gasteiger partial charge on any atom is 0.318 e. The van der Waals surface area contributed by atoms with Gasteiger partial charge in [-0.2, -0.15) is 15.2 Å². The number of benzene rings is 1. The molecule has 1 aromatic carbocycles. The third-order valence-corrected chi connectivity index (χ3v) is 7.19. The summed E-state index contributed by atoms with van der Waals surface area (Å²) in [5.41, 5.74) is 11.3. The maximum absolute atomic E-state index is 12.5. The van der Waals surface area contributed by atoms with E-state index in [1.807, 2.05) is 0 Å². The fourth-order valence-electron chi connectivity index (χ4n) is 5.16. The number of aryl methyl sites for hydroxylation is 1. The van der Waals surface area contributed by atoms with Crippen molar-refractivity contribution in [3.05, 3.63) is 57.9 Å². The van der Waals surface area contributed by atoms with Crippen LogP contribution in [0.15, 0.2) is 40.5 Å². The molecule has 0 saturated carbocycles. The number of nitriles is 1. The number of anilines is 1. The molecule has 0 aliphatic carbocycles. The predicted octanol–water partition coefficient (Wildman–Crippen LogP) is 2.25. The van der Waals surface area contributed by atoms with Crippen molar-refractivity contribution in [3.8, 4) is 12.1 Å². The second kappa shape index (κ2) is 11.6. The van der Waals surface area contributed by atoms with Gasteiger partial charge in [-0.25, -0.2) is 0 Å². The summed E-state index contributed by atoms with van der Waals surface area (Å²) < 4.78 is 5.52. The minimum atomic E-state index is -0.416. The van der Waals surface area contributed by atoms with Crippen molar-refractivity contribution in [1.29, 1.82) is 5.26 Å². The second-order valence-corrected chi connectivity index (χ2v) is 9.85. The summed E-state index contributed by atoms with van der Waals surface area (Å²) in [6.45, 7) is 4.37. The zero-order chi connectivity index (χ0) is 27.4. The van der Waals surface area contributed by atoms with E-state index in [4.69, 9.17) is 20.4 Å². The number of hydrogen-bond acceptors (Lipinski definition) is 9. The molecule has 0 radical (unpaired) electrons. The molecule has 1 unspecified atom stereocenters. The Morgan fingerprint density at radius 1 is 1.26 bits per heavy atom. The van der Waals surface area contributed by atoms with E-state index in [-0.39, 0.29) is 17.3 Å². The van der Waals surface area contributed by atoms with Gasteiger partial charge in [0.25, 0.3) is 5.91 Å². The predicted molar refractivity (Wildman–Crippen MR) is 147 cm³/mol. The van der Waals surface area contributed by atoms with Gasteiger partial charge in [-0.15, -0.1) is 0 Å². The van der Waals surface area contributed by atoms with Crippen LogP contribution in [-0.2, 0) is 24.2 Å². The van der Waals surface area contributed by atoms with Gasteiger partial charge in [-0.1, -0.05) is 31.2 Å². The van der Waals surface area contributed by atoms with Crippen molar-refractivity contribution in [1.82, 2.24) is 19.8 Å². The van der Waals surface area contributed by atoms with Gasteiger partial charge >= 0.3 is 6.01 Å². The van der Waals surface area contributed by atoms with Crippen molar-refractivity contribution in [2.45, 2.75) is 38.8 Å². The highest BCUT2D eigenvalue weighted by atomic mass is 16.5. The Bertz CT molecular complexity index is 1310. The molecule has 0 bridgehead atoms. The Labute approximate surface area is 224 Å². The quantitative estimate of drug-likeness (QED) is 0.458. The van der Waals surface area contributed by atoms with E-state index < -0.39 is 5.91 Å². The first-order valence-electron chi connectivity index (χ1n) is 12.9. The fourth-order valence-corrected chi connectivity index (χ4v) is 5.16. The van der Waals surface area contributed by atoms with E-state index in [0.717, 1.165) is 36.3 Å². The zero-order valence-corrected chi connectivity index (χ0v) is 22.9. The van der Waals surface area contributed by atoms with E-state index in [9.17, 15) is 10.1 Å². The number of rotatable bonds is 6. The summed E-state index contributed by atoms with van der Waals surface area (Å²) in [4.78, 5) is 32.5. The lowest BCUT2D eigenvalue weighted by atomic mass is 9.90. The first kappa shape index (κ1) is 27.1. The molecule has 0 fully saturated rings. The standard InChI is InChI=1S/C28H36N8O2/c1-6-18-10-7-8-11-19(18)24-14-22-21(16-35(24)4)26(33-28(32-22)38-5)36-13-9-12-31-23(17-36)20(15-29)25(30)27(37)34(2)3/h7-8,10-11,24H,6,9,12-14,16-17,30H2,1-5H3/b25-20-. The smallest absolute Gasteiger partial charge is 0.318 e. The van der Waals surface area contributed by atoms with Crippen LogP contribution in [0, 0.1) is 11.3 Å². The number of carbonyl (C=O) groups excluding carboxylic acids is 1. The molecule has 200 valence electrons. The Morgan fingerprint density at radius 2 is 2.03 bits per heavy atom. The molecule has 2 aromatic rings. The minimum Gasteiger partial charge on any atom is -0.467 e. The number of nitrogens with zero attached hydrogens (tertiary/aromatic N) is 7. The molecular formula is C28H36N8O2. The highest BCUT2D eigenvalue weighted by molar-refractivity contribution is 6.12. The summed E-state index contributed by atoms with van der Waals surface area (Å²) in [6, 6.07) is 11.2. The van der Waals surface area contributed by atoms with Gasteiger partial charge in [0.2, 0.25) is 0 Å². The van der Waals surface area contributed by atoms with E-state index in [1.165, 1.54) is 16.0 Å². The van der Waals surface area contributed by atoms with Gasteiger partial charge in [0.15, 0.2) is 0 Å². The van der Waals surface area contributed by atoms with Gasteiger partial charge in [0.05, 0.1) is 25.1 Å². The van der Waals surface area contributed by atoms with Crippen LogP contribution in [-0.4, -0.2) is 79.3 Å². The van der Waals surface area contributed by atoms with Crippen LogP contribution in [0.4, 0.5) is 5.82 Å². The van der Waals surface area contributed by atoms with Crippen molar-refractivity contribution >= 4 is 17.4 Å². The van der Waals surface area contributed by atoms with Crippen LogP contribution in [0.1, 0.15) is 41.8 Å². The van der Waals surface area contributed by atoms with Crippen molar-refractivity contribution in [2.75, 3.05) is 52.8 Å². The lowest BCUT2D eigenvalue weighted by molar-refractivity contribution is -0.124. The molecular weight excluding hydrogens is 480 g/mol. The van der Waals surface area contributed by atoms with Crippen LogP contribution in [0.25, 0.3) is 0 Å². The van der Waals surface area contributed by atoms with Crippen molar-refractivity contribution in [2.24, 2.45) is 10.7 Å².